The molecule has 0 fully saturated rings. The van der Waals surface area contributed by atoms with Crippen LogP contribution in [-0.2, 0) is 11.3 Å². The lowest BCUT2D eigenvalue weighted by molar-refractivity contribution is -0.124. The minimum atomic E-state index is -0.0300. The maximum atomic E-state index is 11.3. The fourth-order valence-electron chi connectivity index (χ4n) is 1.21. The highest BCUT2D eigenvalue weighted by Gasteiger charge is 2.07. The Kier molecular flexibility index (Phi) is 3.72. The van der Waals surface area contributed by atoms with Crippen molar-refractivity contribution in [2.75, 3.05) is 0 Å². The fourth-order valence-corrected chi connectivity index (χ4v) is 1.21. The number of amides is 1. The molecule has 15 heavy (non-hydrogen) atoms. The zero-order chi connectivity index (χ0) is 11.4. The molecule has 1 amide bonds. The number of phenols is 1. The summed E-state index contributed by atoms with van der Waals surface area (Å²) < 4.78 is 0. The first-order valence-corrected chi connectivity index (χ1v) is 5.07. The van der Waals surface area contributed by atoms with Crippen molar-refractivity contribution in [1.29, 1.82) is 0 Å². The standard InChI is InChI=1S/C12H17NO2/c1-8(2)12(15)13-7-10-5-4-9(3)6-11(10)14/h4-6,8,14H,7H2,1-3H3,(H,13,15). The van der Waals surface area contributed by atoms with E-state index in [4.69, 9.17) is 0 Å². The van der Waals surface area contributed by atoms with Gasteiger partial charge < -0.3 is 10.4 Å². The number of carbonyl (C=O) groups excluding carboxylic acids is 1. The summed E-state index contributed by atoms with van der Waals surface area (Å²) >= 11 is 0. The minimum Gasteiger partial charge on any atom is -0.508 e. The molecule has 82 valence electrons. The average molecular weight is 207 g/mol. The summed E-state index contributed by atoms with van der Waals surface area (Å²) in [5.74, 6) is 0.201. The number of hydrogen-bond donors (Lipinski definition) is 2. The second kappa shape index (κ2) is 4.82. The van der Waals surface area contributed by atoms with Crippen LogP contribution in [0.5, 0.6) is 5.75 Å². The maximum Gasteiger partial charge on any atom is 0.222 e. The Hall–Kier alpha value is -1.51. The van der Waals surface area contributed by atoms with Crippen molar-refractivity contribution >= 4 is 5.91 Å². The van der Waals surface area contributed by atoms with Gasteiger partial charge in [0.1, 0.15) is 5.75 Å². The Morgan fingerprint density at radius 1 is 1.47 bits per heavy atom. The molecular formula is C12H17NO2. The van der Waals surface area contributed by atoms with Crippen LogP contribution in [-0.4, -0.2) is 11.0 Å². The number of phenolic OH excluding ortho intramolecular Hbond substituents is 1. The largest absolute Gasteiger partial charge is 0.508 e. The number of hydrogen-bond acceptors (Lipinski definition) is 2. The predicted molar refractivity (Wildman–Crippen MR) is 59.5 cm³/mol. The van der Waals surface area contributed by atoms with Gasteiger partial charge in [-0.3, -0.25) is 4.79 Å². The highest BCUT2D eigenvalue weighted by molar-refractivity contribution is 5.77. The molecule has 3 nitrogen and oxygen atoms in total. The minimum absolute atomic E-state index is 0.00465. The van der Waals surface area contributed by atoms with Gasteiger partial charge in [-0.25, -0.2) is 0 Å². The van der Waals surface area contributed by atoms with Gasteiger partial charge in [-0.15, -0.1) is 0 Å². The Morgan fingerprint density at radius 3 is 2.67 bits per heavy atom. The van der Waals surface area contributed by atoms with Crippen molar-refractivity contribution in [2.45, 2.75) is 27.3 Å². The molecule has 0 bridgehead atoms. The molecular weight excluding hydrogens is 190 g/mol. The second-order valence-electron chi connectivity index (χ2n) is 4.00. The van der Waals surface area contributed by atoms with E-state index in [2.05, 4.69) is 5.32 Å². The lowest BCUT2D eigenvalue weighted by atomic mass is 10.1. The van der Waals surface area contributed by atoms with Crippen molar-refractivity contribution in [3.05, 3.63) is 29.3 Å². The number of benzene rings is 1. The van der Waals surface area contributed by atoms with Crippen LogP contribution in [0.3, 0.4) is 0 Å². The molecule has 0 unspecified atom stereocenters. The summed E-state index contributed by atoms with van der Waals surface area (Å²) in [6.07, 6.45) is 0. The Morgan fingerprint density at radius 2 is 2.13 bits per heavy atom. The van der Waals surface area contributed by atoms with Crippen LogP contribution < -0.4 is 5.32 Å². The summed E-state index contributed by atoms with van der Waals surface area (Å²) in [6, 6.07) is 5.43. The van der Waals surface area contributed by atoms with Crippen LogP contribution in [0, 0.1) is 12.8 Å². The molecule has 1 rings (SSSR count). The van der Waals surface area contributed by atoms with Gasteiger partial charge in [0.25, 0.3) is 0 Å². The topological polar surface area (TPSA) is 49.3 Å². The van der Waals surface area contributed by atoms with Gasteiger partial charge in [0, 0.05) is 18.0 Å². The van der Waals surface area contributed by atoms with Crippen LogP contribution in [0.1, 0.15) is 25.0 Å². The third-order valence-corrected chi connectivity index (χ3v) is 2.22. The Labute approximate surface area is 90.1 Å². The van der Waals surface area contributed by atoms with Crippen molar-refractivity contribution in [1.82, 2.24) is 5.32 Å². The van der Waals surface area contributed by atoms with Gasteiger partial charge in [-0.05, 0) is 18.6 Å². The molecule has 0 aliphatic heterocycles. The van der Waals surface area contributed by atoms with Crippen LogP contribution in [0.15, 0.2) is 18.2 Å². The van der Waals surface area contributed by atoms with Crippen molar-refractivity contribution < 1.29 is 9.90 Å². The van der Waals surface area contributed by atoms with Crippen LogP contribution >= 0.6 is 0 Å². The van der Waals surface area contributed by atoms with Gasteiger partial charge >= 0.3 is 0 Å². The highest BCUT2D eigenvalue weighted by atomic mass is 16.3. The molecule has 0 aliphatic rings. The summed E-state index contributed by atoms with van der Waals surface area (Å²) in [7, 11) is 0. The summed E-state index contributed by atoms with van der Waals surface area (Å²) in [5.41, 5.74) is 1.75. The van der Waals surface area contributed by atoms with E-state index in [-0.39, 0.29) is 17.6 Å². The monoisotopic (exact) mass is 207 g/mol. The molecule has 0 spiro atoms. The fraction of sp³-hybridized carbons (Fsp3) is 0.417. The Bertz CT molecular complexity index is 359. The zero-order valence-corrected chi connectivity index (χ0v) is 9.37. The molecule has 0 aliphatic carbocycles. The molecule has 0 heterocycles. The molecule has 1 aromatic rings. The summed E-state index contributed by atoms with van der Waals surface area (Å²) in [6.45, 7) is 5.97. The number of aromatic hydroxyl groups is 1. The van der Waals surface area contributed by atoms with E-state index in [0.717, 1.165) is 11.1 Å². The summed E-state index contributed by atoms with van der Waals surface area (Å²) in [4.78, 5) is 11.3. The van der Waals surface area contributed by atoms with Crippen molar-refractivity contribution in [3.8, 4) is 5.75 Å². The predicted octanol–water partition coefficient (Wildman–Crippen LogP) is 1.97. The van der Waals surface area contributed by atoms with Crippen LogP contribution in [0.25, 0.3) is 0 Å². The van der Waals surface area contributed by atoms with Gasteiger partial charge in [-0.1, -0.05) is 26.0 Å². The van der Waals surface area contributed by atoms with Gasteiger partial charge in [0.15, 0.2) is 0 Å². The third-order valence-electron chi connectivity index (χ3n) is 2.22. The number of carbonyl (C=O) groups is 1. The van der Waals surface area contributed by atoms with Crippen molar-refractivity contribution in [3.63, 3.8) is 0 Å². The smallest absolute Gasteiger partial charge is 0.222 e. The first-order valence-electron chi connectivity index (χ1n) is 5.07. The first kappa shape index (κ1) is 11.6. The van der Waals surface area contributed by atoms with Crippen LogP contribution in [0.4, 0.5) is 0 Å². The summed E-state index contributed by atoms with van der Waals surface area (Å²) in [5, 5.41) is 12.4. The molecule has 0 aromatic heterocycles. The zero-order valence-electron chi connectivity index (χ0n) is 9.37. The quantitative estimate of drug-likeness (QED) is 0.796. The SMILES string of the molecule is Cc1ccc(CNC(=O)C(C)C)c(O)c1. The number of aryl methyl sites for hydroxylation is 1. The molecule has 3 heteroatoms. The van der Waals surface area contributed by atoms with E-state index >= 15 is 0 Å². The van der Waals surface area contributed by atoms with Crippen molar-refractivity contribution in [2.24, 2.45) is 5.92 Å². The van der Waals surface area contributed by atoms with E-state index in [9.17, 15) is 9.90 Å². The molecule has 0 radical (unpaired) electrons. The lowest BCUT2D eigenvalue weighted by Crippen LogP contribution is -2.27. The first-order chi connectivity index (χ1) is 7.00. The number of nitrogens with one attached hydrogen (secondary N) is 1. The number of rotatable bonds is 3. The average Bonchev–Trinajstić information content (AvgIpc) is 2.15. The third kappa shape index (κ3) is 3.27. The normalized spacial score (nSPS) is 10.4. The highest BCUT2D eigenvalue weighted by Crippen LogP contribution is 2.17. The van der Waals surface area contributed by atoms with Gasteiger partial charge in [-0.2, -0.15) is 0 Å². The molecule has 1 aromatic carbocycles. The van der Waals surface area contributed by atoms with E-state index in [1.165, 1.54) is 0 Å². The van der Waals surface area contributed by atoms with E-state index in [1.807, 2.05) is 32.9 Å². The molecule has 0 saturated carbocycles. The van der Waals surface area contributed by atoms with Crippen LogP contribution in [0.2, 0.25) is 0 Å². The van der Waals surface area contributed by atoms with E-state index in [1.54, 1.807) is 6.07 Å². The Balaban J connectivity index is 2.62. The lowest BCUT2D eigenvalue weighted by Gasteiger charge is -2.09. The van der Waals surface area contributed by atoms with E-state index in [0.29, 0.717) is 6.54 Å². The molecule has 0 atom stereocenters. The molecule has 2 N–H and O–H groups in total. The van der Waals surface area contributed by atoms with E-state index < -0.39 is 0 Å². The molecule has 0 saturated heterocycles. The second-order valence-corrected chi connectivity index (χ2v) is 4.00. The maximum absolute atomic E-state index is 11.3. The van der Waals surface area contributed by atoms with Gasteiger partial charge in [0.05, 0.1) is 0 Å². The van der Waals surface area contributed by atoms with Gasteiger partial charge in [0.2, 0.25) is 5.91 Å².